The number of hydrogen-bond donors (Lipinski definition) is 2. The number of aromatic nitrogens is 1. The zero-order chi connectivity index (χ0) is 19.1. The standard InChI is InChI=1S/C22H23N3O2/c1-16-3-5-17(6-4-16)13-25-22(26)19-11-20(15-23-14-19)24-12-18-7-9-21(27-2)10-8-18/h3-11,14-15,24H,12-13H2,1-2H3,(H,25,26). The number of ether oxygens (including phenoxy) is 1. The first-order valence-corrected chi connectivity index (χ1v) is 8.79. The van der Waals surface area contributed by atoms with E-state index in [1.54, 1.807) is 25.6 Å². The summed E-state index contributed by atoms with van der Waals surface area (Å²) < 4.78 is 5.16. The molecule has 0 spiro atoms. The number of carbonyl (C=O) groups is 1. The lowest BCUT2D eigenvalue weighted by atomic mass is 10.1. The number of methoxy groups -OCH3 is 1. The molecule has 0 aliphatic heterocycles. The molecule has 1 amide bonds. The summed E-state index contributed by atoms with van der Waals surface area (Å²) in [6.07, 6.45) is 3.28. The Bertz CT molecular complexity index is 890. The Kier molecular flexibility index (Phi) is 6.05. The summed E-state index contributed by atoms with van der Waals surface area (Å²) in [5.41, 5.74) is 4.71. The van der Waals surface area contributed by atoms with Crippen LogP contribution in [0.1, 0.15) is 27.0 Å². The lowest BCUT2D eigenvalue weighted by molar-refractivity contribution is 0.0950. The van der Waals surface area contributed by atoms with E-state index in [9.17, 15) is 4.79 Å². The van der Waals surface area contributed by atoms with Crippen molar-refractivity contribution in [3.63, 3.8) is 0 Å². The topological polar surface area (TPSA) is 63.2 Å². The summed E-state index contributed by atoms with van der Waals surface area (Å²) in [7, 11) is 1.65. The van der Waals surface area contributed by atoms with Gasteiger partial charge in [0, 0.05) is 25.5 Å². The molecule has 0 atom stereocenters. The van der Waals surface area contributed by atoms with E-state index in [4.69, 9.17) is 4.74 Å². The second-order valence-electron chi connectivity index (χ2n) is 6.33. The van der Waals surface area contributed by atoms with Crippen LogP contribution in [0.15, 0.2) is 67.0 Å². The number of rotatable bonds is 7. The van der Waals surface area contributed by atoms with E-state index in [0.717, 1.165) is 22.6 Å². The van der Waals surface area contributed by atoms with Crippen molar-refractivity contribution in [3.05, 3.63) is 89.2 Å². The quantitative estimate of drug-likeness (QED) is 0.669. The summed E-state index contributed by atoms with van der Waals surface area (Å²) in [5.74, 6) is 0.684. The number of amides is 1. The number of nitrogens with one attached hydrogen (secondary N) is 2. The smallest absolute Gasteiger partial charge is 0.253 e. The van der Waals surface area contributed by atoms with Crippen LogP contribution in [-0.2, 0) is 13.1 Å². The molecule has 2 N–H and O–H groups in total. The predicted molar refractivity (Wildman–Crippen MR) is 107 cm³/mol. The molecule has 138 valence electrons. The predicted octanol–water partition coefficient (Wildman–Crippen LogP) is 3.94. The van der Waals surface area contributed by atoms with Gasteiger partial charge in [0.2, 0.25) is 0 Å². The second kappa shape index (κ2) is 8.85. The van der Waals surface area contributed by atoms with Gasteiger partial charge in [0.25, 0.3) is 5.91 Å². The van der Waals surface area contributed by atoms with E-state index in [0.29, 0.717) is 18.7 Å². The molecule has 27 heavy (non-hydrogen) atoms. The van der Waals surface area contributed by atoms with Gasteiger partial charge >= 0.3 is 0 Å². The number of aryl methyl sites for hydroxylation is 1. The van der Waals surface area contributed by atoms with E-state index in [2.05, 4.69) is 15.6 Å². The Hall–Kier alpha value is -3.34. The van der Waals surface area contributed by atoms with E-state index < -0.39 is 0 Å². The highest BCUT2D eigenvalue weighted by atomic mass is 16.5. The van der Waals surface area contributed by atoms with Crippen LogP contribution in [0.2, 0.25) is 0 Å². The van der Waals surface area contributed by atoms with Crippen molar-refractivity contribution in [2.24, 2.45) is 0 Å². The maximum atomic E-state index is 12.4. The molecule has 0 aliphatic carbocycles. The second-order valence-corrected chi connectivity index (χ2v) is 6.33. The van der Waals surface area contributed by atoms with E-state index in [1.165, 1.54) is 5.56 Å². The van der Waals surface area contributed by atoms with Crippen molar-refractivity contribution < 1.29 is 9.53 Å². The number of carbonyl (C=O) groups excluding carboxylic acids is 1. The number of hydrogen-bond acceptors (Lipinski definition) is 4. The highest BCUT2D eigenvalue weighted by Gasteiger charge is 2.07. The molecule has 0 unspecified atom stereocenters. The summed E-state index contributed by atoms with van der Waals surface area (Å²) in [6.45, 7) is 3.17. The lowest BCUT2D eigenvalue weighted by Gasteiger charge is -2.09. The van der Waals surface area contributed by atoms with Gasteiger partial charge in [0.1, 0.15) is 5.75 Å². The van der Waals surface area contributed by atoms with Gasteiger partial charge in [-0.05, 0) is 36.2 Å². The molecular formula is C22H23N3O2. The Morgan fingerprint density at radius 3 is 2.33 bits per heavy atom. The third-order valence-electron chi connectivity index (χ3n) is 4.23. The van der Waals surface area contributed by atoms with Crippen molar-refractivity contribution in [2.45, 2.75) is 20.0 Å². The lowest BCUT2D eigenvalue weighted by Crippen LogP contribution is -2.23. The fraction of sp³-hybridized carbons (Fsp3) is 0.182. The first-order chi connectivity index (χ1) is 13.1. The van der Waals surface area contributed by atoms with Crippen molar-refractivity contribution in [1.29, 1.82) is 0 Å². The highest BCUT2D eigenvalue weighted by Crippen LogP contribution is 2.14. The molecule has 0 bridgehead atoms. The average molecular weight is 361 g/mol. The molecule has 0 saturated heterocycles. The van der Waals surface area contributed by atoms with Crippen LogP contribution < -0.4 is 15.4 Å². The molecule has 0 radical (unpaired) electrons. The molecule has 0 saturated carbocycles. The normalized spacial score (nSPS) is 10.3. The van der Waals surface area contributed by atoms with Gasteiger partial charge in [-0.15, -0.1) is 0 Å². The molecule has 3 aromatic rings. The van der Waals surface area contributed by atoms with Crippen LogP contribution in [0.4, 0.5) is 5.69 Å². The van der Waals surface area contributed by atoms with Gasteiger partial charge in [0.15, 0.2) is 0 Å². The van der Waals surface area contributed by atoms with Gasteiger partial charge in [-0.1, -0.05) is 42.0 Å². The monoisotopic (exact) mass is 361 g/mol. The van der Waals surface area contributed by atoms with Crippen molar-refractivity contribution in [1.82, 2.24) is 10.3 Å². The van der Waals surface area contributed by atoms with Crippen molar-refractivity contribution in [3.8, 4) is 5.75 Å². The first kappa shape index (κ1) is 18.5. The van der Waals surface area contributed by atoms with E-state index in [1.807, 2.05) is 55.5 Å². The number of pyridine rings is 1. The minimum atomic E-state index is -0.142. The van der Waals surface area contributed by atoms with E-state index in [-0.39, 0.29) is 5.91 Å². The maximum absolute atomic E-state index is 12.4. The van der Waals surface area contributed by atoms with Crippen molar-refractivity contribution in [2.75, 3.05) is 12.4 Å². The van der Waals surface area contributed by atoms with Gasteiger partial charge in [-0.25, -0.2) is 0 Å². The molecule has 2 aromatic carbocycles. The zero-order valence-electron chi connectivity index (χ0n) is 15.5. The van der Waals surface area contributed by atoms with Crippen molar-refractivity contribution >= 4 is 11.6 Å². The minimum absolute atomic E-state index is 0.142. The SMILES string of the molecule is COc1ccc(CNc2cncc(C(=O)NCc3ccc(C)cc3)c2)cc1. The Morgan fingerprint density at radius 2 is 1.63 bits per heavy atom. The molecule has 3 rings (SSSR count). The molecule has 0 fully saturated rings. The van der Waals surface area contributed by atoms with Gasteiger partial charge in [0.05, 0.1) is 18.4 Å². The van der Waals surface area contributed by atoms with Crippen LogP contribution in [-0.4, -0.2) is 18.0 Å². The summed E-state index contributed by atoms with van der Waals surface area (Å²) in [6, 6.07) is 17.7. The maximum Gasteiger partial charge on any atom is 0.253 e. The number of nitrogens with zero attached hydrogens (tertiary/aromatic N) is 1. The van der Waals surface area contributed by atoms with Crippen LogP contribution in [0.5, 0.6) is 5.75 Å². The Balaban J connectivity index is 1.56. The molecule has 5 heteroatoms. The highest BCUT2D eigenvalue weighted by molar-refractivity contribution is 5.94. The first-order valence-electron chi connectivity index (χ1n) is 8.79. The Labute approximate surface area is 159 Å². The largest absolute Gasteiger partial charge is 0.497 e. The van der Waals surface area contributed by atoms with E-state index >= 15 is 0 Å². The number of anilines is 1. The molecular weight excluding hydrogens is 338 g/mol. The van der Waals surface area contributed by atoms with Gasteiger partial charge in [-0.3, -0.25) is 9.78 Å². The van der Waals surface area contributed by atoms with Crippen LogP contribution in [0.25, 0.3) is 0 Å². The third-order valence-corrected chi connectivity index (χ3v) is 4.23. The fourth-order valence-corrected chi connectivity index (χ4v) is 2.60. The summed E-state index contributed by atoms with van der Waals surface area (Å²) in [4.78, 5) is 16.6. The van der Waals surface area contributed by atoms with Gasteiger partial charge in [-0.2, -0.15) is 0 Å². The molecule has 0 aliphatic rings. The molecule has 1 aromatic heterocycles. The van der Waals surface area contributed by atoms with Gasteiger partial charge < -0.3 is 15.4 Å². The number of benzene rings is 2. The zero-order valence-corrected chi connectivity index (χ0v) is 15.5. The fourth-order valence-electron chi connectivity index (χ4n) is 2.60. The minimum Gasteiger partial charge on any atom is -0.497 e. The third kappa shape index (κ3) is 5.31. The average Bonchev–Trinajstić information content (AvgIpc) is 2.72. The summed E-state index contributed by atoms with van der Waals surface area (Å²) in [5, 5.41) is 6.22. The van der Waals surface area contributed by atoms with Crippen LogP contribution >= 0.6 is 0 Å². The molecule has 1 heterocycles. The van der Waals surface area contributed by atoms with Crippen LogP contribution in [0.3, 0.4) is 0 Å². The Morgan fingerprint density at radius 1 is 0.963 bits per heavy atom. The molecule has 5 nitrogen and oxygen atoms in total. The van der Waals surface area contributed by atoms with Crippen LogP contribution in [0, 0.1) is 6.92 Å². The summed E-state index contributed by atoms with van der Waals surface area (Å²) >= 11 is 0.